The first-order chi connectivity index (χ1) is 9.60. The second-order valence-corrected chi connectivity index (χ2v) is 6.11. The average molecular weight is 311 g/mol. The van der Waals surface area contributed by atoms with Crippen LogP contribution in [0.1, 0.15) is 23.2 Å². The Balaban J connectivity index is 2.07. The molecule has 0 fully saturated rings. The maximum absolute atomic E-state index is 6.32. The number of hydrogen-bond acceptors (Lipinski definition) is 5. The lowest BCUT2D eigenvalue weighted by Gasteiger charge is -2.18. The summed E-state index contributed by atoms with van der Waals surface area (Å²) in [6.07, 6.45) is 1.87. The fraction of sp³-hybridized carbons (Fsp3) is 0.429. The first-order valence-corrected chi connectivity index (χ1v) is 7.83. The van der Waals surface area contributed by atoms with Crippen molar-refractivity contribution in [2.45, 2.75) is 26.9 Å². The molecule has 2 aromatic heterocycles. The van der Waals surface area contributed by atoms with Crippen LogP contribution in [0.15, 0.2) is 17.6 Å². The number of thiazole rings is 1. The summed E-state index contributed by atoms with van der Waals surface area (Å²) in [5, 5.41) is 7.08. The quantitative estimate of drug-likeness (QED) is 0.889. The zero-order valence-corrected chi connectivity index (χ0v) is 13.6. The third-order valence-electron chi connectivity index (χ3n) is 2.88. The van der Waals surface area contributed by atoms with Crippen LogP contribution in [0, 0.1) is 6.92 Å². The van der Waals surface area contributed by atoms with E-state index in [-0.39, 0.29) is 0 Å². The molecule has 0 bridgehead atoms. The van der Waals surface area contributed by atoms with Gasteiger partial charge in [-0.05, 0) is 25.1 Å². The summed E-state index contributed by atoms with van der Waals surface area (Å²) < 4.78 is 0. The fourth-order valence-electron chi connectivity index (χ4n) is 1.92. The van der Waals surface area contributed by atoms with Crippen LogP contribution in [0.5, 0.6) is 0 Å². The highest BCUT2D eigenvalue weighted by Gasteiger charge is 2.10. The van der Waals surface area contributed by atoms with Crippen LogP contribution in [0.4, 0.5) is 5.82 Å². The first kappa shape index (κ1) is 15.2. The number of halogens is 1. The highest BCUT2D eigenvalue weighted by molar-refractivity contribution is 7.09. The van der Waals surface area contributed by atoms with E-state index in [4.69, 9.17) is 11.6 Å². The van der Waals surface area contributed by atoms with Gasteiger partial charge in [-0.1, -0.05) is 18.5 Å². The second kappa shape index (κ2) is 7.02. The Kier molecular flexibility index (Phi) is 5.34. The van der Waals surface area contributed by atoms with Gasteiger partial charge in [0.1, 0.15) is 5.82 Å². The molecule has 2 aromatic rings. The lowest BCUT2D eigenvalue weighted by atomic mass is 10.2. The van der Waals surface area contributed by atoms with Crippen molar-refractivity contribution in [2.24, 2.45) is 0 Å². The Hall–Kier alpha value is -1.17. The van der Waals surface area contributed by atoms with Gasteiger partial charge in [-0.25, -0.2) is 9.97 Å². The molecule has 0 spiro atoms. The third-order valence-corrected chi connectivity index (χ3v) is 3.99. The topological polar surface area (TPSA) is 41.1 Å². The minimum atomic E-state index is 0.676. The SMILES string of the molecule is CCNCc1cnc(N(C)Cc2csc(C)n2)c(Cl)c1. The molecule has 20 heavy (non-hydrogen) atoms. The van der Waals surface area contributed by atoms with E-state index in [9.17, 15) is 0 Å². The Morgan fingerprint density at radius 2 is 2.25 bits per heavy atom. The van der Waals surface area contributed by atoms with E-state index in [2.05, 4.69) is 27.6 Å². The summed E-state index contributed by atoms with van der Waals surface area (Å²) in [6, 6.07) is 1.97. The fourth-order valence-corrected chi connectivity index (χ4v) is 2.85. The number of nitrogens with one attached hydrogen (secondary N) is 1. The van der Waals surface area contributed by atoms with Crippen molar-refractivity contribution in [3.05, 3.63) is 38.9 Å². The van der Waals surface area contributed by atoms with Crippen molar-refractivity contribution < 1.29 is 0 Å². The van der Waals surface area contributed by atoms with Crippen LogP contribution in [-0.2, 0) is 13.1 Å². The standard InChI is InChI=1S/C14H19ClN4S/c1-4-16-6-11-5-13(15)14(17-7-11)19(3)8-12-9-20-10(2)18-12/h5,7,9,16H,4,6,8H2,1-3H3. The zero-order valence-electron chi connectivity index (χ0n) is 12.0. The van der Waals surface area contributed by atoms with Gasteiger partial charge in [0.05, 0.1) is 22.3 Å². The molecule has 0 unspecified atom stereocenters. The van der Waals surface area contributed by atoms with Gasteiger partial charge in [0.2, 0.25) is 0 Å². The molecule has 108 valence electrons. The van der Waals surface area contributed by atoms with E-state index in [1.165, 1.54) is 0 Å². The Labute approximate surface area is 128 Å². The van der Waals surface area contributed by atoms with E-state index < -0.39 is 0 Å². The Morgan fingerprint density at radius 1 is 1.45 bits per heavy atom. The molecule has 4 nitrogen and oxygen atoms in total. The summed E-state index contributed by atoms with van der Waals surface area (Å²) in [7, 11) is 1.98. The normalized spacial score (nSPS) is 10.8. The van der Waals surface area contributed by atoms with Crippen molar-refractivity contribution in [3.63, 3.8) is 0 Å². The van der Waals surface area contributed by atoms with Crippen LogP contribution in [-0.4, -0.2) is 23.6 Å². The predicted molar refractivity (Wildman–Crippen MR) is 85.6 cm³/mol. The summed E-state index contributed by atoms with van der Waals surface area (Å²) in [4.78, 5) is 10.9. The molecule has 0 aliphatic rings. The number of rotatable bonds is 6. The monoisotopic (exact) mass is 310 g/mol. The van der Waals surface area contributed by atoms with Gasteiger partial charge in [-0.15, -0.1) is 11.3 Å². The maximum Gasteiger partial charge on any atom is 0.147 e. The molecule has 0 saturated heterocycles. The molecule has 0 saturated carbocycles. The number of anilines is 1. The number of aromatic nitrogens is 2. The number of pyridine rings is 1. The largest absolute Gasteiger partial charge is 0.353 e. The lowest BCUT2D eigenvalue weighted by Crippen LogP contribution is -2.19. The maximum atomic E-state index is 6.32. The molecular formula is C14H19ClN4S. The van der Waals surface area contributed by atoms with Crippen LogP contribution in [0.2, 0.25) is 5.02 Å². The molecule has 0 amide bonds. The lowest BCUT2D eigenvalue weighted by molar-refractivity contribution is 0.724. The van der Waals surface area contributed by atoms with Gasteiger partial charge in [0.25, 0.3) is 0 Å². The predicted octanol–water partition coefficient (Wildman–Crippen LogP) is 3.25. The van der Waals surface area contributed by atoms with Crippen molar-refractivity contribution in [3.8, 4) is 0 Å². The van der Waals surface area contributed by atoms with Gasteiger partial charge in [-0.2, -0.15) is 0 Å². The molecule has 0 atom stereocenters. The molecule has 0 aliphatic heterocycles. The van der Waals surface area contributed by atoms with Gasteiger partial charge in [0.15, 0.2) is 0 Å². The van der Waals surface area contributed by atoms with E-state index in [1.807, 2.05) is 31.1 Å². The number of hydrogen-bond donors (Lipinski definition) is 1. The van der Waals surface area contributed by atoms with Crippen molar-refractivity contribution in [2.75, 3.05) is 18.5 Å². The highest BCUT2D eigenvalue weighted by atomic mass is 35.5. The van der Waals surface area contributed by atoms with E-state index in [0.29, 0.717) is 11.6 Å². The number of nitrogens with zero attached hydrogens (tertiary/aromatic N) is 3. The molecule has 1 N–H and O–H groups in total. The van der Waals surface area contributed by atoms with Crippen molar-refractivity contribution >= 4 is 28.8 Å². The van der Waals surface area contributed by atoms with Crippen molar-refractivity contribution in [1.29, 1.82) is 0 Å². The van der Waals surface area contributed by atoms with Crippen molar-refractivity contribution in [1.82, 2.24) is 15.3 Å². The van der Waals surface area contributed by atoms with Gasteiger partial charge < -0.3 is 10.2 Å². The van der Waals surface area contributed by atoms with Crippen LogP contribution in [0.3, 0.4) is 0 Å². The third kappa shape index (κ3) is 3.91. The smallest absolute Gasteiger partial charge is 0.147 e. The molecule has 0 aliphatic carbocycles. The van der Waals surface area contributed by atoms with Crippen LogP contribution < -0.4 is 10.2 Å². The summed E-state index contributed by atoms with van der Waals surface area (Å²) >= 11 is 7.98. The molecular weight excluding hydrogens is 292 g/mol. The first-order valence-electron chi connectivity index (χ1n) is 6.57. The molecule has 2 heterocycles. The molecule has 0 radical (unpaired) electrons. The minimum absolute atomic E-state index is 0.676. The van der Waals surface area contributed by atoms with Gasteiger partial charge in [-0.3, -0.25) is 0 Å². The Morgan fingerprint density at radius 3 is 2.85 bits per heavy atom. The highest BCUT2D eigenvalue weighted by Crippen LogP contribution is 2.24. The zero-order chi connectivity index (χ0) is 14.5. The van der Waals surface area contributed by atoms with E-state index in [1.54, 1.807) is 11.3 Å². The molecule has 6 heteroatoms. The van der Waals surface area contributed by atoms with Crippen LogP contribution >= 0.6 is 22.9 Å². The minimum Gasteiger partial charge on any atom is -0.353 e. The summed E-state index contributed by atoms with van der Waals surface area (Å²) in [6.45, 7) is 6.52. The van der Waals surface area contributed by atoms with Crippen LogP contribution in [0.25, 0.3) is 0 Å². The average Bonchev–Trinajstić information content (AvgIpc) is 2.81. The molecule has 0 aromatic carbocycles. The Bertz CT molecular complexity index is 570. The van der Waals surface area contributed by atoms with E-state index in [0.717, 1.165) is 35.2 Å². The number of aryl methyl sites for hydroxylation is 1. The van der Waals surface area contributed by atoms with Gasteiger partial charge >= 0.3 is 0 Å². The molecule has 2 rings (SSSR count). The summed E-state index contributed by atoms with van der Waals surface area (Å²) in [5.74, 6) is 0.789. The second-order valence-electron chi connectivity index (χ2n) is 4.64. The van der Waals surface area contributed by atoms with Gasteiger partial charge in [0, 0.05) is 25.2 Å². The van der Waals surface area contributed by atoms with E-state index >= 15 is 0 Å². The summed E-state index contributed by atoms with van der Waals surface area (Å²) in [5.41, 5.74) is 2.14.